The first-order chi connectivity index (χ1) is 9.05. The Morgan fingerprint density at radius 3 is 3.11 bits per heavy atom. The molecule has 0 bridgehead atoms. The fraction of sp³-hybridized carbons (Fsp3) is 0.533. The van der Waals surface area contributed by atoms with Crippen LogP contribution in [0.4, 0.5) is 5.69 Å². The molecular formula is C15H20N2O2. The second-order valence-electron chi connectivity index (χ2n) is 5.88. The van der Waals surface area contributed by atoms with Crippen LogP contribution in [0.25, 0.3) is 0 Å². The van der Waals surface area contributed by atoms with Crippen molar-refractivity contribution in [3.8, 4) is 0 Å². The number of nitrogens with zero attached hydrogens (tertiary/aromatic N) is 1. The zero-order chi connectivity index (χ0) is 13.5. The summed E-state index contributed by atoms with van der Waals surface area (Å²) >= 11 is 0. The van der Waals surface area contributed by atoms with Crippen LogP contribution in [0.2, 0.25) is 0 Å². The third kappa shape index (κ3) is 2.45. The van der Waals surface area contributed by atoms with E-state index in [1.807, 2.05) is 18.2 Å². The summed E-state index contributed by atoms with van der Waals surface area (Å²) in [4.78, 5) is 14.2. The number of piperidine rings is 1. The summed E-state index contributed by atoms with van der Waals surface area (Å²) in [6, 6.07) is 5.87. The lowest BCUT2D eigenvalue weighted by Gasteiger charge is -2.36. The van der Waals surface area contributed by atoms with E-state index in [0.29, 0.717) is 12.1 Å². The molecule has 3 rings (SSSR count). The van der Waals surface area contributed by atoms with Gasteiger partial charge in [-0.2, -0.15) is 0 Å². The molecule has 1 fully saturated rings. The van der Waals surface area contributed by atoms with Crippen molar-refractivity contribution in [2.24, 2.45) is 0 Å². The summed E-state index contributed by atoms with van der Waals surface area (Å²) in [6.45, 7) is 3.91. The van der Waals surface area contributed by atoms with E-state index < -0.39 is 5.60 Å². The van der Waals surface area contributed by atoms with Gasteiger partial charge in [0.2, 0.25) is 0 Å². The highest BCUT2D eigenvalue weighted by Gasteiger charge is 2.31. The molecule has 0 radical (unpaired) electrons. The summed E-state index contributed by atoms with van der Waals surface area (Å²) in [7, 11) is 0. The first kappa shape index (κ1) is 12.5. The van der Waals surface area contributed by atoms with E-state index in [4.69, 9.17) is 0 Å². The maximum absolute atomic E-state index is 12.5. The van der Waals surface area contributed by atoms with Gasteiger partial charge < -0.3 is 15.3 Å². The number of hydrogen-bond donors (Lipinski definition) is 2. The first-order valence-electron chi connectivity index (χ1n) is 6.94. The minimum absolute atomic E-state index is 0.0245. The maximum atomic E-state index is 12.5. The standard InChI is InChI=1S/C15H20N2O2/c1-15(19)6-2-8-17(10-15)14(18)12-4-3-11-5-7-16-13(11)9-12/h3-4,9,16,19H,2,5-8,10H2,1H3. The summed E-state index contributed by atoms with van der Waals surface area (Å²) in [5, 5.41) is 13.4. The molecule has 0 spiro atoms. The summed E-state index contributed by atoms with van der Waals surface area (Å²) in [5.41, 5.74) is 2.32. The smallest absolute Gasteiger partial charge is 0.254 e. The summed E-state index contributed by atoms with van der Waals surface area (Å²) in [5.74, 6) is 0.0245. The number of hydrogen-bond acceptors (Lipinski definition) is 3. The van der Waals surface area contributed by atoms with Gasteiger partial charge in [-0.25, -0.2) is 0 Å². The molecule has 19 heavy (non-hydrogen) atoms. The van der Waals surface area contributed by atoms with Gasteiger partial charge in [0.15, 0.2) is 0 Å². The SMILES string of the molecule is CC1(O)CCCN(C(=O)c2ccc3c(c2)NCC3)C1. The molecular weight excluding hydrogens is 240 g/mol. The predicted octanol–water partition coefficient (Wildman–Crippen LogP) is 1.64. The molecule has 1 atom stereocenters. The van der Waals surface area contributed by atoms with Gasteiger partial charge in [-0.15, -0.1) is 0 Å². The highest BCUT2D eigenvalue weighted by Crippen LogP contribution is 2.26. The van der Waals surface area contributed by atoms with Crippen molar-refractivity contribution in [2.75, 3.05) is 25.0 Å². The quantitative estimate of drug-likeness (QED) is 0.807. The van der Waals surface area contributed by atoms with Crippen LogP contribution in [-0.4, -0.2) is 41.1 Å². The van der Waals surface area contributed by atoms with E-state index in [-0.39, 0.29) is 5.91 Å². The van der Waals surface area contributed by atoms with Crippen molar-refractivity contribution in [3.05, 3.63) is 29.3 Å². The van der Waals surface area contributed by atoms with Crippen molar-refractivity contribution in [2.45, 2.75) is 31.8 Å². The number of likely N-dealkylation sites (tertiary alicyclic amines) is 1. The average molecular weight is 260 g/mol. The van der Waals surface area contributed by atoms with Crippen LogP contribution in [-0.2, 0) is 6.42 Å². The molecule has 1 saturated heterocycles. The largest absolute Gasteiger partial charge is 0.388 e. The van der Waals surface area contributed by atoms with Crippen molar-refractivity contribution < 1.29 is 9.90 Å². The number of rotatable bonds is 1. The Morgan fingerprint density at radius 2 is 2.32 bits per heavy atom. The van der Waals surface area contributed by atoms with Gasteiger partial charge in [-0.1, -0.05) is 6.07 Å². The third-order valence-electron chi connectivity index (χ3n) is 4.03. The van der Waals surface area contributed by atoms with Crippen molar-refractivity contribution in [1.29, 1.82) is 0 Å². The highest BCUT2D eigenvalue weighted by atomic mass is 16.3. The number of nitrogens with one attached hydrogen (secondary N) is 1. The number of amides is 1. The predicted molar refractivity (Wildman–Crippen MR) is 74.4 cm³/mol. The van der Waals surface area contributed by atoms with Crippen LogP contribution < -0.4 is 5.32 Å². The van der Waals surface area contributed by atoms with Crippen molar-refractivity contribution >= 4 is 11.6 Å². The number of carbonyl (C=O) groups excluding carboxylic acids is 1. The van der Waals surface area contributed by atoms with Gasteiger partial charge in [0, 0.05) is 30.9 Å². The van der Waals surface area contributed by atoms with Crippen LogP contribution in [0.5, 0.6) is 0 Å². The molecule has 2 aliphatic rings. The zero-order valence-corrected chi connectivity index (χ0v) is 11.3. The lowest BCUT2D eigenvalue weighted by Crippen LogP contribution is -2.48. The Balaban J connectivity index is 1.80. The Labute approximate surface area is 113 Å². The van der Waals surface area contributed by atoms with Gasteiger partial charge in [0.1, 0.15) is 0 Å². The van der Waals surface area contributed by atoms with E-state index in [1.165, 1.54) is 5.56 Å². The molecule has 4 heteroatoms. The van der Waals surface area contributed by atoms with Gasteiger partial charge in [0.05, 0.1) is 5.60 Å². The second kappa shape index (κ2) is 4.53. The Morgan fingerprint density at radius 1 is 1.47 bits per heavy atom. The molecule has 2 N–H and O–H groups in total. The van der Waals surface area contributed by atoms with Crippen molar-refractivity contribution in [1.82, 2.24) is 4.90 Å². The molecule has 1 unspecified atom stereocenters. The number of fused-ring (bicyclic) bond motifs is 1. The minimum Gasteiger partial charge on any atom is -0.388 e. The van der Waals surface area contributed by atoms with Gasteiger partial charge in [0.25, 0.3) is 5.91 Å². The monoisotopic (exact) mass is 260 g/mol. The molecule has 0 aliphatic carbocycles. The molecule has 0 aromatic heterocycles. The first-order valence-corrected chi connectivity index (χ1v) is 6.94. The van der Waals surface area contributed by atoms with E-state index in [2.05, 4.69) is 5.32 Å². The average Bonchev–Trinajstić information content (AvgIpc) is 2.83. The maximum Gasteiger partial charge on any atom is 0.254 e. The van der Waals surface area contributed by atoms with E-state index in [1.54, 1.807) is 11.8 Å². The molecule has 1 aromatic carbocycles. The number of benzene rings is 1. The molecule has 0 saturated carbocycles. The minimum atomic E-state index is -0.747. The van der Waals surface area contributed by atoms with Crippen LogP contribution in [0, 0.1) is 0 Å². The molecule has 102 valence electrons. The Hall–Kier alpha value is -1.55. The number of anilines is 1. The van der Waals surface area contributed by atoms with Gasteiger partial charge in [-0.3, -0.25) is 4.79 Å². The molecule has 1 amide bonds. The van der Waals surface area contributed by atoms with Crippen LogP contribution in [0.1, 0.15) is 35.7 Å². The van der Waals surface area contributed by atoms with E-state index in [0.717, 1.165) is 38.0 Å². The van der Waals surface area contributed by atoms with E-state index in [9.17, 15) is 9.90 Å². The highest BCUT2D eigenvalue weighted by molar-refractivity contribution is 5.95. The number of carbonyl (C=O) groups is 1. The lowest BCUT2D eigenvalue weighted by atomic mass is 9.94. The molecule has 2 aliphatic heterocycles. The van der Waals surface area contributed by atoms with Gasteiger partial charge >= 0.3 is 0 Å². The van der Waals surface area contributed by atoms with E-state index >= 15 is 0 Å². The summed E-state index contributed by atoms with van der Waals surface area (Å²) in [6.07, 6.45) is 2.66. The summed E-state index contributed by atoms with van der Waals surface area (Å²) < 4.78 is 0. The third-order valence-corrected chi connectivity index (χ3v) is 4.03. The van der Waals surface area contributed by atoms with Crippen LogP contribution >= 0.6 is 0 Å². The van der Waals surface area contributed by atoms with Crippen LogP contribution in [0.15, 0.2) is 18.2 Å². The fourth-order valence-electron chi connectivity index (χ4n) is 3.00. The number of aliphatic hydroxyl groups is 1. The normalized spacial score (nSPS) is 25.9. The zero-order valence-electron chi connectivity index (χ0n) is 11.3. The topological polar surface area (TPSA) is 52.6 Å². The molecule has 4 nitrogen and oxygen atoms in total. The molecule has 1 aromatic rings. The second-order valence-corrected chi connectivity index (χ2v) is 5.88. The lowest BCUT2D eigenvalue weighted by molar-refractivity contribution is -0.0107. The number of β-amino-alcohol motifs (C(OH)–C–C–N with tert-alkyl or cyclic N) is 1. The Bertz CT molecular complexity index is 511. The van der Waals surface area contributed by atoms with Gasteiger partial charge in [-0.05, 0) is 43.9 Å². The molecule has 2 heterocycles. The van der Waals surface area contributed by atoms with Crippen LogP contribution in [0.3, 0.4) is 0 Å². The Kier molecular flexibility index (Phi) is 2.97. The van der Waals surface area contributed by atoms with Crippen molar-refractivity contribution in [3.63, 3.8) is 0 Å². The fourth-order valence-corrected chi connectivity index (χ4v) is 3.00.